The molecule has 3 rings (SSSR count). The standard InChI is InChI=1S/C22H34N2O2/c1-18(2)20-16-22(9-14-26-20,15-19-7-5-4-6-8-19)17-21(25)24-12-10-23(3)11-13-24/h4-8,18,20H,9-17H2,1-3H3. The number of likely N-dealkylation sites (N-methyl/N-ethyl adjacent to an activating group) is 1. The summed E-state index contributed by atoms with van der Waals surface area (Å²) in [6, 6.07) is 10.7. The molecular formula is C22H34N2O2. The van der Waals surface area contributed by atoms with Gasteiger partial charge in [0, 0.05) is 39.2 Å². The van der Waals surface area contributed by atoms with Crippen LogP contribution in [0.25, 0.3) is 0 Å². The quantitative estimate of drug-likeness (QED) is 0.810. The molecule has 4 heteroatoms. The lowest BCUT2D eigenvalue weighted by Gasteiger charge is -2.43. The first kappa shape index (κ1) is 19.4. The van der Waals surface area contributed by atoms with Gasteiger partial charge in [0.1, 0.15) is 0 Å². The summed E-state index contributed by atoms with van der Waals surface area (Å²) in [6.45, 7) is 8.91. The second kappa shape index (κ2) is 8.53. The monoisotopic (exact) mass is 358 g/mol. The van der Waals surface area contributed by atoms with Crippen molar-refractivity contribution >= 4 is 5.91 Å². The minimum absolute atomic E-state index is 0.0228. The number of carbonyl (C=O) groups is 1. The van der Waals surface area contributed by atoms with E-state index in [1.807, 2.05) is 0 Å². The molecule has 144 valence electrons. The SMILES string of the molecule is CC(C)C1CC(CC(=O)N2CCN(C)CC2)(Cc2ccccc2)CCO1. The molecule has 2 atom stereocenters. The molecule has 2 fully saturated rings. The predicted molar refractivity (Wildman–Crippen MR) is 105 cm³/mol. The highest BCUT2D eigenvalue weighted by Gasteiger charge is 2.40. The predicted octanol–water partition coefficient (Wildman–Crippen LogP) is 3.21. The van der Waals surface area contributed by atoms with Crippen molar-refractivity contribution < 1.29 is 9.53 Å². The Morgan fingerprint density at radius 2 is 1.88 bits per heavy atom. The summed E-state index contributed by atoms with van der Waals surface area (Å²) in [4.78, 5) is 17.5. The second-order valence-electron chi connectivity index (χ2n) is 8.63. The van der Waals surface area contributed by atoms with Gasteiger partial charge in [-0.1, -0.05) is 44.2 Å². The number of benzene rings is 1. The molecular weight excluding hydrogens is 324 g/mol. The van der Waals surface area contributed by atoms with E-state index in [0.717, 1.165) is 52.0 Å². The number of hydrogen-bond acceptors (Lipinski definition) is 3. The smallest absolute Gasteiger partial charge is 0.223 e. The van der Waals surface area contributed by atoms with Crippen LogP contribution >= 0.6 is 0 Å². The van der Waals surface area contributed by atoms with Crippen molar-refractivity contribution in [2.45, 2.75) is 45.6 Å². The van der Waals surface area contributed by atoms with Crippen LogP contribution in [0.4, 0.5) is 0 Å². The zero-order valence-electron chi connectivity index (χ0n) is 16.6. The van der Waals surface area contributed by atoms with Crippen molar-refractivity contribution in [1.82, 2.24) is 9.80 Å². The minimum Gasteiger partial charge on any atom is -0.378 e. The van der Waals surface area contributed by atoms with E-state index in [1.54, 1.807) is 0 Å². The molecule has 2 heterocycles. The summed E-state index contributed by atoms with van der Waals surface area (Å²) in [6.07, 6.45) is 3.84. The van der Waals surface area contributed by atoms with Crippen molar-refractivity contribution in [3.8, 4) is 0 Å². The molecule has 0 radical (unpaired) electrons. The molecule has 26 heavy (non-hydrogen) atoms. The van der Waals surface area contributed by atoms with E-state index in [1.165, 1.54) is 5.56 Å². The molecule has 1 aromatic carbocycles. The third kappa shape index (κ3) is 4.86. The van der Waals surface area contributed by atoms with Crippen molar-refractivity contribution in [2.24, 2.45) is 11.3 Å². The molecule has 0 aromatic heterocycles. The molecule has 0 saturated carbocycles. The van der Waals surface area contributed by atoms with Crippen LogP contribution in [0.5, 0.6) is 0 Å². The van der Waals surface area contributed by atoms with Gasteiger partial charge in [0.05, 0.1) is 6.10 Å². The first-order valence-corrected chi connectivity index (χ1v) is 10.1. The molecule has 1 aromatic rings. The van der Waals surface area contributed by atoms with Gasteiger partial charge in [-0.3, -0.25) is 4.79 Å². The normalized spacial score (nSPS) is 27.7. The molecule has 2 aliphatic rings. The molecule has 0 aliphatic carbocycles. The fourth-order valence-corrected chi connectivity index (χ4v) is 4.34. The number of piperazine rings is 1. The van der Waals surface area contributed by atoms with Gasteiger partial charge < -0.3 is 14.5 Å². The Labute approximate surface area is 158 Å². The largest absolute Gasteiger partial charge is 0.378 e. The van der Waals surface area contributed by atoms with E-state index in [4.69, 9.17) is 4.74 Å². The molecule has 0 spiro atoms. The van der Waals surface area contributed by atoms with Crippen molar-refractivity contribution in [3.05, 3.63) is 35.9 Å². The molecule has 4 nitrogen and oxygen atoms in total. The summed E-state index contributed by atoms with van der Waals surface area (Å²) >= 11 is 0. The van der Waals surface area contributed by atoms with Gasteiger partial charge in [-0.05, 0) is 43.2 Å². The lowest BCUT2D eigenvalue weighted by molar-refractivity contribution is -0.139. The highest BCUT2D eigenvalue weighted by atomic mass is 16.5. The van der Waals surface area contributed by atoms with Crippen molar-refractivity contribution in [2.75, 3.05) is 39.8 Å². The Kier molecular flexibility index (Phi) is 6.36. The third-order valence-corrected chi connectivity index (χ3v) is 6.15. The first-order chi connectivity index (χ1) is 12.5. The van der Waals surface area contributed by atoms with Crippen molar-refractivity contribution in [1.29, 1.82) is 0 Å². The van der Waals surface area contributed by atoms with Crippen LogP contribution in [0.3, 0.4) is 0 Å². The molecule has 2 unspecified atom stereocenters. The van der Waals surface area contributed by atoms with Gasteiger partial charge in [-0.15, -0.1) is 0 Å². The van der Waals surface area contributed by atoms with Gasteiger partial charge in [-0.2, -0.15) is 0 Å². The number of carbonyl (C=O) groups excluding carboxylic acids is 1. The first-order valence-electron chi connectivity index (χ1n) is 10.1. The van der Waals surface area contributed by atoms with E-state index in [-0.39, 0.29) is 11.5 Å². The highest BCUT2D eigenvalue weighted by Crippen LogP contribution is 2.42. The molecule has 2 saturated heterocycles. The zero-order valence-corrected chi connectivity index (χ0v) is 16.6. The van der Waals surface area contributed by atoms with Crippen LogP contribution in [0.15, 0.2) is 30.3 Å². The Balaban J connectivity index is 1.75. The van der Waals surface area contributed by atoms with Gasteiger partial charge in [0.25, 0.3) is 0 Å². The average Bonchev–Trinajstić information content (AvgIpc) is 2.63. The highest BCUT2D eigenvalue weighted by molar-refractivity contribution is 5.77. The number of nitrogens with zero attached hydrogens (tertiary/aromatic N) is 2. The second-order valence-corrected chi connectivity index (χ2v) is 8.63. The van der Waals surface area contributed by atoms with Crippen LogP contribution in [-0.4, -0.2) is 61.6 Å². The van der Waals surface area contributed by atoms with Crippen LogP contribution in [0.1, 0.15) is 38.7 Å². The zero-order chi connectivity index (χ0) is 18.6. The van der Waals surface area contributed by atoms with Crippen LogP contribution in [-0.2, 0) is 16.0 Å². The molecule has 2 aliphatic heterocycles. The summed E-state index contributed by atoms with van der Waals surface area (Å²) in [5.41, 5.74) is 1.36. The maximum absolute atomic E-state index is 13.1. The van der Waals surface area contributed by atoms with Crippen molar-refractivity contribution in [3.63, 3.8) is 0 Å². The van der Waals surface area contributed by atoms with Crippen LogP contribution < -0.4 is 0 Å². The van der Waals surface area contributed by atoms with E-state index in [9.17, 15) is 4.79 Å². The maximum Gasteiger partial charge on any atom is 0.223 e. The van der Waals surface area contributed by atoms with Gasteiger partial charge in [-0.25, -0.2) is 0 Å². The van der Waals surface area contributed by atoms with Gasteiger partial charge in [0.2, 0.25) is 5.91 Å². The summed E-state index contributed by atoms with van der Waals surface area (Å²) in [5, 5.41) is 0. The maximum atomic E-state index is 13.1. The number of hydrogen-bond donors (Lipinski definition) is 0. The topological polar surface area (TPSA) is 32.8 Å². The molecule has 0 N–H and O–H groups in total. The fourth-order valence-electron chi connectivity index (χ4n) is 4.34. The van der Waals surface area contributed by atoms with E-state index >= 15 is 0 Å². The number of rotatable bonds is 5. The number of amides is 1. The Morgan fingerprint density at radius 3 is 2.54 bits per heavy atom. The lowest BCUT2D eigenvalue weighted by atomic mass is 9.69. The lowest BCUT2D eigenvalue weighted by Crippen LogP contribution is -2.49. The van der Waals surface area contributed by atoms with E-state index in [2.05, 4.69) is 61.0 Å². The van der Waals surface area contributed by atoms with Gasteiger partial charge >= 0.3 is 0 Å². The average molecular weight is 359 g/mol. The van der Waals surface area contributed by atoms with E-state index in [0.29, 0.717) is 18.2 Å². The minimum atomic E-state index is 0.0228. The Hall–Kier alpha value is -1.39. The van der Waals surface area contributed by atoms with Crippen LogP contribution in [0, 0.1) is 11.3 Å². The van der Waals surface area contributed by atoms with E-state index < -0.39 is 0 Å². The van der Waals surface area contributed by atoms with Gasteiger partial charge in [0.15, 0.2) is 0 Å². The Morgan fingerprint density at radius 1 is 1.19 bits per heavy atom. The molecule has 1 amide bonds. The summed E-state index contributed by atoms with van der Waals surface area (Å²) in [7, 11) is 2.13. The third-order valence-electron chi connectivity index (χ3n) is 6.15. The summed E-state index contributed by atoms with van der Waals surface area (Å²) < 4.78 is 6.04. The number of ether oxygens (including phenoxy) is 1. The fraction of sp³-hybridized carbons (Fsp3) is 0.682. The Bertz CT molecular complexity index is 581. The summed E-state index contributed by atoms with van der Waals surface area (Å²) in [5.74, 6) is 0.822. The van der Waals surface area contributed by atoms with Crippen LogP contribution in [0.2, 0.25) is 0 Å². The molecule has 0 bridgehead atoms.